The van der Waals surface area contributed by atoms with Gasteiger partial charge in [0.25, 0.3) is 0 Å². The molecule has 0 aromatic heterocycles. The summed E-state index contributed by atoms with van der Waals surface area (Å²) in [6.07, 6.45) is 2.39. The number of rotatable bonds is 2. The third-order valence-electron chi connectivity index (χ3n) is 3.96. The highest BCUT2D eigenvalue weighted by Crippen LogP contribution is 2.37. The third kappa shape index (κ3) is 2.01. The van der Waals surface area contributed by atoms with Gasteiger partial charge in [0.2, 0.25) is 0 Å². The van der Waals surface area contributed by atoms with Crippen molar-refractivity contribution in [2.75, 3.05) is 5.32 Å². The van der Waals surface area contributed by atoms with Crippen LogP contribution >= 0.6 is 0 Å². The molecular weight excluding hydrogens is 218 g/mol. The summed E-state index contributed by atoms with van der Waals surface area (Å²) in [6.45, 7) is 2.29. The second-order valence-electron chi connectivity index (χ2n) is 5.06. The summed E-state index contributed by atoms with van der Waals surface area (Å²) >= 11 is 0. The van der Waals surface area contributed by atoms with Crippen LogP contribution in [0.5, 0.6) is 0 Å². The van der Waals surface area contributed by atoms with Crippen molar-refractivity contribution >= 4 is 5.69 Å². The van der Waals surface area contributed by atoms with Crippen LogP contribution in [0.15, 0.2) is 54.6 Å². The predicted octanol–water partition coefficient (Wildman–Crippen LogP) is 4.42. The van der Waals surface area contributed by atoms with E-state index in [9.17, 15) is 0 Å². The van der Waals surface area contributed by atoms with Crippen LogP contribution in [0, 0.1) is 5.92 Å². The van der Waals surface area contributed by atoms with Gasteiger partial charge in [0.05, 0.1) is 6.04 Å². The smallest absolute Gasteiger partial charge is 0.0545 e. The molecule has 0 unspecified atom stereocenters. The number of benzene rings is 2. The molecule has 18 heavy (non-hydrogen) atoms. The van der Waals surface area contributed by atoms with Crippen LogP contribution in [0.4, 0.5) is 5.69 Å². The summed E-state index contributed by atoms with van der Waals surface area (Å²) in [6, 6.07) is 19.9. The van der Waals surface area contributed by atoms with Gasteiger partial charge in [-0.3, -0.25) is 0 Å². The lowest BCUT2D eigenvalue weighted by Crippen LogP contribution is -2.27. The number of hydrogen-bond donors (Lipinski definition) is 1. The molecular formula is C17H19N. The maximum Gasteiger partial charge on any atom is 0.0545 e. The topological polar surface area (TPSA) is 12.0 Å². The van der Waals surface area contributed by atoms with E-state index in [1.54, 1.807) is 0 Å². The summed E-state index contributed by atoms with van der Waals surface area (Å²) in [5.74, 6) is 0.683. The molecule has 1 heteroatoms. The van der Waals surface area contributed by atoms with E-state index in [-0.39, 0.29) is 0 Å². The zero-order valence-corrected chi connectivity index (χ0v) is 10.8. The zero-order valence-electron chi connectivity index (χ0n) is 10.8. The van der Waals surface area contributed by atoms with Crippen LogP contribution in [-0.2, 0) is 6.42 Å². The van der Waals surface area contributed by atoms with Gasteiger partial charge in [-0.05, 0) is 29.5 Å². The quantitative estimate of drug-likeness (QED) is 0.815. The van der Waals surface area contributed by atoms with E-state index in [1.807, 2.05) is 0 Å². The highest BCUT2D eigenvalue weighted by molar-refractivity contribution is 5.55. The second kappa shape index (κ2) is 4.85. The average Bonchev–Trinajstić information content (AvgIpc) is 2.46. The molecule has 0 saturated heterocycles. The number of anilines is 1. The highest BCUT2D eigenvalue weighted by atomic mass is 14.9. The largest absolute Gasteiger partial charge is 0.378 e. The molecule has 2 aromatic rings. The predicted molar refractivity (Wildman–Crippen MR) is 76.7 cm³/mol. The molecule has 1 nitrogen and oxygen atoms in total. The minimum Gasteiger partial charge on any atom is -0.378 e. The van der Waals surface area contributed by atoms with Gasteiger partial charge in [0.1, 0.15) is 0 Å². The van der Waals surface area contributed by atoms with Crippen molar-refractivity contribution in [3.8, 4) is 0 Å². The maximum atomic E-state index is 3.71. The summed E-state index contributed by atoms with van der Waals surface area (Å²) in [7, 11) is 0. The first-order chi connectivity index (χ1) is 8.88. The van der Waals surface area contributed by atoms with Crippen LogP contribution in [0.3, 0.4) is 0 Å². The van der Waals surface area contributed by atoms with Gasteiger partial charge in [0.15, 0.2) is 0 Å². The Morgan fingerprint density at radius 1 is 1.00 bits per heavy atom. The van der Waals surface area contributed by atoms with Crippen molar-refractivity contribution in [1.82, 2.24) is 0 Å². The Labute approximate surface area is 109 Å². The van der Waals surface area contributed by atoms with Crippen LogP contribution in [-0.4, -0.2) is 0 Å². The van der Waals surface area contributed by atoms with Gasteiger partial charge in [-0.25, -0.2) is 0 Å². The van der Waals surface area contributed by atoms with Crippen molar-refractivity contribution in [3.63, 3.8) is 0 Å². The first-order valence-electron chi connectivity index (χ1n) is 6.78. The summed E-state index contributed by atoms with van der Waals surface area (Å²) in [5.41, 5.74) is 4.16. The lowest BCUT2D eigenvalue weighted by atomic mass is 9.82. The zero-order chi connectivity index (χ0) is 12.4. The standard InChI is InChI=1S/C17H19N/c1-2-13-12-15-10-6-7-11-16(15)18-17(13)14-8-4-3-5-9-14/h3-11,13,17-18H,2,12H2,1H3/t13-,17+/m0/s1. The molecule has 3 rings (SSSR count). The molecule has 1 aliphatic heterocycles. The van der Waals surface area contributed by atoms with E-state index in [0.29, 0.717) is 12.0 Å². The molecule has 0 spiro atoms. The van der Waals surface area contributed by atoms with Gasteiger partial charge in [-0.15, -0.1) is 0 Å². The fourth-order valence-corrected chi connectivity index (χ4v) is 2.92. The molecule has 0 fully saturated rings. The fourth-order valence-electron chi connectivity index (χ4n) is 2.92. The Morgan fingerprint density at radius 2 is 1.72 bits per heavy atom. The Kier molecular flexibility index (Phi) is 3.06. The Bertz CT molecular complexity index is 518. The molecule has 2 aromatic carbocycles. The second-order valence-corrected chi connectivity index (χ2v) is 5.06. The van der Waals surface area contributed by atoms with Crippen molar-refractivity contribution in [3.05, 3.63) is 65.7 Å². The lowest BCUT2D eigenvalue weighted by molar-refractivity contribution is 0.424. The van der Waals surface area contributed by atoms with Crippen molar-refractivity contribution in [2.24, 2.45) is 5.92 Å². The summed E-state index contributed by atoms with van der Waals surface area (Å²) in [5, 5.41) is 3.71. The van der Waals surface area contributed by atoms with Gasteiger partial charge in [-0.2, -0.15) is 0 Å². The SMILES string of the molecule is CC[C@H]1Cc2ccccc2N[C@H]1c1ccccc1. The Morgan fingerprint density at radius 3 is 2.50 bits per heavy atom. The number of para-hydroxylation sites is 1. The van der Waals surface area contributed by atoms with E-state index < -0.39 is 0 Å². The molecule has 0 amide bonds. The lowest BCUT2D eigenvalue weighted by Gasteiger charge is -2.34. The van der Waals surface area contributed by atoms with Gasteiger partial charge >= 0.3 is 0 Å². The normalized spacial score (nSPS) is 22.1. The first-order valence-corrected chi connectivity index (χ1v) is 6.78. The number of hydrogen-bond acceptors (Lipinski definition) is 1. The van der Waals surface area contributed by atoms with Crippen LogP contribution in [0.1, 0.15) is 30.5 Å². The van der Waals surface area contributed by atoms with Crippen molar-refractivity contribution in [2.45, 2.75) is 25.8 Å². The molecule has 0 bridgehead atoms. The molecule has 1 aliphatic rings. The molecule has 92 valence electrons. The molecule has 0 saturated carbocycles. The van der Waals surface area contributed by atoms with Crippen molar-refractivity contribution < 1.29 is 0 Å². The average molecular weight is 237 g/mol. The summed E-state index contributed by atoms with van der Waals surface area (Å²) < 4.78 is 0. The van der Waals surface area contributed by atoms with Crippen LogP contribution in [0.2, 0.25) is 0 Å². The van der Waals surface area contributed by atoms with E-state index in [4.69, 9.17) is 0 Å². The van der Waals surface area contributed by atoms with E-state index in [1.165, 1.54) is 29.7 Å². The van der Waals surface area contributed by atoms with E-state index in [0.717, 1.165) is 0 Å². The third-order valence-corrected chi connectivity index (χ3v) is 3.96. The maximum absolute atomic E-state index is 3.71. The van der Waals surface area contributed by atoms with Crippen LogP contribution in [0.25, 0.3) is 0 Å². The molecule has 0 radical (unpaired) electrons. The number of nitrogens with one attached hydrogen (secondary N) is 1. The van der Waals surface area contributed by atoms with E-state index >= 15 is 0 Å². The molecule has 1 N–H and O–H groups in total. The monoisotopic (exact) mass is 237 g/mol. The van der Waals surface area contributed by atoms with Gasteiger partial charge in [-0.1, -0.05) is 61.9 Å². The van der Waals surface area contributed by atoms with Gasteiger partial charge in [0, 0.05) is 5.69 Å². The van der Waals surface area contributed by atoms with Crippen LogP contribution < -0.4 is 5.32 Å². The van der Waals surface area contributed by atoms with Crippen molar-refractivity contribution in [1.29, 1.82) is 0 Å². The first kappa shape index (κ1) is 11.3. The Balaban J connectivity index is 1.96. The number of fused-ring (bicyclic) bond motifs is 1. The van der Waals surface area contributed by atoms with E-state index in [2.05, 4.69) is 66.8 Å². The molecule has 2 atom stereocenters. The highest BCUT2D eigenvalue weighted by Gasteiger charge is 2.27. The summed E-state index contributed by atoms with van der Waals surface area (Å²) in [4.78, 5) is 0. The molecule has 0 aliphatic carbocycles. The fraction of sp³-hybridized carbons (Fsp3) is 0.294. The Hall–Kier alpha value is -1.76. The molecule has 1 heterocycles. The minimum atomic E-state index is 0.450. The minimum absolute atomic E-state index is 0.450. The van der Waals surface area contributed by atoms with Gasteiger partial charge < -0.3 is 5.32 Å².